The van der Waals surface area contributed by atoms with Gasteiger partial charge in [-0.1, -0.05) is 0 Å². The first-order valence-corrected chi connectivity index (χ1v) is 8.06. The quantitative estimate of drug-likeness (QED) is 0.346. The lowest BCUT2D eigenvalue weighted by atomic mass is 9.94. The van der Waals surface area contributed by atoms with E-state index in [9.17, 15) is 17.6 Å². The SMILES string of the molecule is [B]c1c(F)c(F)c(O[Si](C)(C)Cl)c(F)c1F. The fraction of sp³-hybridized carbons (Fsp3) is 0.250. The maximum Gasteiger partial charge on any atom is 0.341 e. The zero-order valence-corrected chi connectivity index (χ0v) is 10.1. The molecule has 1 aromatic carbocycles. The number of hydrogen-bond donors (Lipinski definition) is 0. The monoisotopic (exact) mass is 268 g/mol. The lowest BCUT2D eigenvalue weighted by molar-refractivity contribution is 0.400. The molecule has 86 valence electrons. The average molecular weight is 268 g/mol. The van der Waals surface area contributed by atoms with Gasteiger partial charge in [-0.15, -0.1) is 11.1 Å². The molecule has 0 amide bonds. The van der Waals surface area contributed by atoms with Crippen LogP contribution in [-0.4, -0.2) is 15.5 Å². The van der Waals surface area contributed by atoms with Crippen molar-refractivity contribution in [2.24, 2.45) is 0 Å². The van der Waals surface area contributed by atoms with Gasteiger partial charge in [-0.3, -0.25) is 0 Å². The van der Waals surface area contributed by atoms with Crippen molar-refractivity contribution < 1.29 is 22.0 Å². The fourth-order valence-electron chi connectivity index (χ4n) is 0.961. The van der Waals surface area contributed by atoms with Gasteiger partial charge in [0.25, 0.3) is 0 Å². The number of rotatable bonds is 2. The molecule has 0 aromatic heterocycles. The molecule has 2 radical (unpaired) electrons. The van der Waals surface area contributed by atoms with Crippen LogP contribution in [0.4, 0.5) is 17.6 Å². The summed E-state index contributed by atoms with van der Waals surface area (Å²) in [4.78, 5) is 0. The first-order valence-electron chi connectivity index (χ1n) is 4.14. The van der Waals surface area contributed by atoms with E-state index in [-0.39, 0.29) is 0 Å². The van der Waals surface area contributed by atoms with Crippen LogP contribution in [-0.2, 0) is 0 Å². The normalized spacial score (nSPS) is 11.7. The van der Waals surface area contributed by atoms with E-state index >= 15 is 0 Å². The number of benzene rings is 1. The molecule has 0 N–H and O–H groups in total. The van der Waals surface area contributed by atoms with Gasteiger partial charge < -0.3 is 4.43 Å². The molecule has 0 heterocycles. The van der Waals surface area contributed by atoms with E-state index in [4.69, 9.17) is 23.4 Å². The summed E-state index contributed by atoms with van der Waals surface area (Å²) in [6.45, 7) is 2.78. The van der Waals surface area contributed by atoms with E-state index in [1.165, 1.54) is 13.1 Å². The topological polar surface area (TPSA) is 9.23 Å². The molecular weight excluding hydrogens is 262 g/mol. The molecule has 8 heteroatoms. The summed E-state index contributed by atoms with van der Waals surface area (Å²) in [5, 5.41) is 0. The Morgan fingerprint density at radius 1 is 1.00 bits per heavy atom. The van der Waals surface area contributed by atoms with Crippen LogP contribution < -0.4 is 9.89 Å². The molecule has 1 rings (SSSR count). The lowest BCUT2D eigenvalue weighted by Gasteiger charge is -2.18. The summed E-state index contributed by atoms with van der Waals surface area (Å²) in [5.74, 6) is -7.92. The van der Waals surface area contributed by atoms with Gasteiger partial charge in [-0.25, -0.2) is 8.78 Å². The summed E-state index contributed by atoms with van der Waals surface area (Å²) in [7, 11) is 1.90. The molecule has 0 saturated carbocycles. The average Bonchev–Trinajstić information content (AvgIpc) is 2.17. The number of hydrogen-bond acceptors (Lipinski definition) is 1. The smallest absolute Gasteiger partial charge is 0.341 e. The lowest BCUT2D eigenvalue weighted by Crippen LogP contribution is -2.29. The molecular formula is C8H6BClF4OSi. The Morgan fingerprint density at radius 3 is 1.69 bits per heavy atom. The Morgan fingerprint density at radius 2 is 1.38 bits per heavy atom. The van der Waals surface area contributed by atoms with E-state index in [0.717, 1.165) is 0 Å². The van der Waals surface area contributed by atoms with E-state index in [1.807, 2.05) is 0 Å². The number of halogens is 5. The summed E-state index contributed by atoms with van der Waals surface area (Å²) < 4.78 is 57.1. The molecule has 0 unspecified atom stereocenters. The van der Waals surface area contributed by atoms with Gasteiger partial charge in [0.05, 0.1) is 0 Å². The fourth-order valence-corrected chi connectivity index (χ4v) is 1.86. The zero-order chi connectivity index (χ0) is 12.7. The highest BCUT2D eigenvalue weighted by molar-refractivity contribution is 7.15. The summed E-state index contributed by atoms with van der Waals surface area (Å²) in [5.41, 5.74) is -1.23. The Balaban J connectivity index is 3.40. The molecule has 0 saturated heterocycles. The first-order chi connectivity index (χ1) is 7.15. The molecule has 1 nitrogen and oxygen atoms in total. The van der Waals surface area contributed by atoms with Gasteiger partial charge in [0.1, 0.15) is 7.85 Å². The van der Waals surface area contributed by atoms with Crippen molar-refractivity contribution in [1.29, 1.82) is 0 Å². The second-order valence-electron chi connectivity index (χ2n) is 3.46. The Labute approximate surface area is 96.6 Å². The molecule has 0 aliphatic rings. The van der Waals surface area contributed by atoms with Gasteiger partial charge in [0.15, 0.2) is 17.4 Å². The highest BCUT2D eigenvalue weighted by Crippen LogP contribution is 2.28. The van der Waals surface area contributed by atoms with Crippen molar-refractivity contribution in [2.45, 2.75) is 13.1 Å². The molecule has 0 fully saturated rings. The molecule has 0 aliphatic heterocycles. The van der Waals surface area contributed by atoms with Crippen molar-refractivity contribution in [3.8, 4) is 5.75 Å². The minimum atomic E-state index is -2.91. The summed E-state index contributed by atoms with van der Waals surface area (Å²) >= 11 is 5.66. The maximum atomic E-state index is 13.2. The van der Waals surface area contributed by atoms with Crippen molar-refractivity contribution >= 4 is 32.0 Å². The maximum absolute atomic E-state index is 13.2. The van der Waals surface area contributed by atoms with Crippen LogP contribution in [0.3, 0.4) is 0 Å². The minimum absolute atomic E-state index is 1.17. The van der Waals surface area contributed by atoms with Crippen LogP contribution >= 0.6 is 11.1 Å². The van der Waals surface area contributed by atoms with Crippen LogP contribution in [0, 0.1) is 23.3 Å². The third-order valence-electron chi connectivity index (χ3n) is 1.60. The largest absolute Gasteiger partial charge is 0.525 e. The predicted molar refractivity (Wildman–Crippen MR) is 55.6 cm³/mol. The second kappa shape index (κ2) is 4.29. The molecule has 1 aromatic rings. The van der Waals surface area contributed by atoms with E-state index in [1.54, 1.807) is 0 Å². The predicted octanol–water partition coefficient (Wildman–Crippen LogP) is 2.36. The van der Waals surface area contributed by atoms with E-state index in [0.29, 0.717) is 0 Å². The standard InChI is InChI=1S/C8H6BClF4OSi/c1-16(2,10)15-8-6(13)4(11)3(9)5(12)7(8)14/h1-2H3. The molecule has 0 atom stereocenters. The Bertz CT molecular complexity index is 406. The van der Waals surface area contributed by atoms with Gasteiger partial charge in [0, 0.05) is 0 Å². The van der Waals surface area contributed by atoms with Crippen molar-refractivity contribution in [1.82, 2.24) is 0 Å². The molecule has 16 heavy (non-hydrogen) atoms. The first kappa shape index (κ1) is 13.4. The van der Waals surface area contributed by atoms with Gasteiger partial charge in [0.2, 0.25) is 11.6 Å². The van der Waals surface area contributed by atoms with Gasteiger partial charge in [-0.2, -0.15) is 8.78 Å². The molecule has 0 aliphatic carbocycles. The molecule has 0 bridgehead atoms. The Kier molecular flexibility index (Phi) is 3.59. The zero-order valence-electron chi connectivity index (χ0n) is 8.38. The Hall–Kier alpha value is -0.688. The van der Waals surface area contributed by atoms with E-state index < -0.39 is 42.1 Å². The highest BCUT2D eigenvalue weighted by Gasteiger charge is 2.29. The van der Waals surface area contributed by atoms with E-state index in [2.05, 4.69) is 0 Å². The highest BCUT2D eigenvalue weighted by atomic mass is 35.6. The van der Waals surface area contributed by atoms with Crippen LogP contribution in [0.15, 0.2) is 0 Å². The van der Waals surface area contributed by atoms with Crippen LogP contribution in [0.1, 0.15) is 0 Å². The van der Waals surface area contributed by atoms with Crippen LogP contribution in [0.25, 0.3) is 0 Å². The molecule has 0 spiro atoms. The summed E-state index contributed by atoms with van der Waals surface area (Å²) in [6.07, 6.45) is 0. The third-order valence-corrected chi connectivity index (χ3v) is 2.52. The van der Waals surface area contributed by atoms with Crippen LogP contribution in [0.5, 0.6) is 5.75 Å². The van der Waals surface area contributed by atoms with Crippen molar-refractivity contribution in [2.75, 3.05) is 0 Å². The van der Waals surface area contributed by atoms with Crippen molar-refractivity contribution in [3.63, 3.8) is 0 Å². The van der Waals surface area contributed by atoms with Crippen molar-refractivity contribution in [3.05, 3.63) is 23.3 Å². The van der Waals surface area contributed by atoms with Crippen LogP contribution in [0.2, 0.25) is 13.1 Å². The van der Waals surface area contributed by atoms with Gasteiger partial charge >= 0.3 is 7.63 Å². The second-order valence-corrected chi connectivity index (χ2v) is 9.13. The minimum Gasteiger partial charge on any atom is -0.525 e. The summed E-state index contributed by atoms with van der Waals surface area (Å²) in [6, 6.07) is 0. The third kappa shape index (κ3) is 2.52. The van der Waals surface area contributed by atoms with Gasteiger partial charge in [-0.05, 0) is 18.6 Å².